The highest BCUT2D eigenvalue weighted by Gasteiger charge is 2.09. The third-order valence-electron chi connectivity index (χ3n) is 3.14. The zero-order chi connectivity index (χ0) is 15.4. The van der Waals surface area contributed by atoms with E-state index in [4.69, 9.17) is 4.74 Å². The molecule has 108 valence electrons. The Bertz CT molecular complexity index is 804. The molecule has 0 radical (unpaired) electrons. The van der Waals surface area contributed by atoms with Crippen molar-refractivity contribution in [1.29, 1.82) is 0 Å². The third-order valence-corrected chi connectivity index (χ3v) is 3.14. The molecule has 0 saturated heterocycles. The Labute approximate surface area is 127 Å². The Hall–Kier alpha value is -3.08. The third kappa shape index (κ3) is 2.83. The van der Waals surface area contributed by atoms with Crippen LogP contribution < -0.4 is 4.74 Å². The Morgan fingerprint density at radius 2 is 1.68 bits per heavy atom. The summed E-state index contributed by atoms with van der Waals surface area (Å²) in [4.78, 5) is 24.3. The van der Waals surface area contributed by atoms with Crippen molar-refractivity contribution >= 4 is 6.29 Å². The maximum Gasteiger partial charge on any atom is 0.150 e. The SMILES string of the molecule is COc1ccnc(-c2cc(C=O)cc(-c3ccccn3)n2)c1. The van der Waals surface area contributed by atoms with E-state index >= 15 is 0 Å². The minimum atomic E-state index is 0.523. The second-order valence-corrected chi connectivity index (χ2v) is 4.58. The smallest absolute Gasteiger partial charge is 0.150 e. The molecule has 0 atom stereocenters. The maximum atomic E-state index is 11.2. The summed E-state index contributed by atoms with van der Waals surface area (Å²) < 4.78 is 5.20. The summed E-state index contributed by atoms with van der Waals surface area (Å²) in [5.41, 5.74) is 3.10. The van der Waals surface area contributed by atoms with Crippen molar-refractivity contribution in [1.82, 2.24) is 15.0 Å². The number of aldehydes is 1. The molecule has 0 aliphatic carbocycles. The summed E-state index contributed by atoms with van der Waals surface area (Å²) >= 11 is 0. The minimum Gasteiger partial charge on any atom is -0.497 e. The van der Waals surface area contributed by atoms with Gasteiger partial charge in [0, 0.05) is 24.0 Å². The fourth-order valence-electron chi connectivity index (χ4n) is 2.07. The monoisotopic (exact) mass is 291 g/mol. The molecule has 5 nitrogen and oxygen atoms in total. The summed E-state index contributed by atoms with van der Waals surface area (Å²) in [7, 11) is 1.59. The number of carbonyl (C=O) groups is 1. The summed E-state index contributed by atoms with van der Waals surface area (Å²) in [6.45, 7) is 0. The lowest BCUT2D eigenvalue weighted by molar-refractivity contribution is 0.112. The van der Waals surface area contributed by atoms with Crippen LogP contribution in [0.5, 0.6) is 5.75 Å². The average molecular weight is 291 g/mol. The molecule has 3 heterocycles. The molecule has 0 unspecified atom stereocenters. The predicted molar refractivity (Wildman–Crippen MR) is 82.6 cm³/mol. The van der Waals surface area contributed by atoms with Crippen LogP contribution in [-0.4, -0.2) is 28.3 Å². The van der Waals surface area contributed by atoms with Crippen molar-refractivity contribution < 1.29 is 9.53 Å². The van der Waals surface area contributed by atoms with Gasteiger partial charge in [-0.25, -0.2) is 4.98 Å². The van der Waals surface area contributed by atoms with Crippen molar-refractivity contribution in [3.8, 4) is 28.5 Å². The summed E-state index contributed by atoms with van der Waals surface area (Å²) in [5.74, 6) is 0.683. The number of aromatic nitrogens is 3. The molecule has 0 amide bonds. The summed E-state index contributed by atoms with van der Waals surface area (Å²) in [5, 5.41) is 0. The van der Waals surface area contributed by atoms with E-state index in [1.807, 2.05) is 18.2 Å². The molecule has 0 saturated carbocycles. The normalized spacial score (nSPS) is 10.2. The highest BCUT2D eigenvalue weighted by molar-refractivity contribution is 5.80. The largest absolute Gasteiger partial charge is 0.497 e. The second kappa shape index (κ2) is 6.13. The zero-order valence-corrected chi connectivity index (χ0v) is 11.9. The molecule has 0 fully saturated rings. The Balaban J connectivity index is 2.13. The molecular formula is C17H13N3O2. The summed E-state index contributed by atoms with van der Waals surface area (Å²) in [6, 6.07) is 12.5. The zero-order valence-electron chi connectivity index (χ0n) is 11.9. The van der Waals surface area contributed by atoms with E-state index in [1.54, 1.807) is 43.8 Å². The van der Waals surface area contributed by atoms with Gasteiger partial charge in [0.2, 0.25) is 0 Å². The van der Waals surface area contributed by atoms with E-state index in [0.717, 1.165) is 6.29 Å². The van der Waals surface area contributed by atoms with Gasteiger partial charge < -0.3 is 4.74 Å². The average Bonchev–Trinajstić information content (AvgIpc) is 2.62. The van der Waals surface area contributed by atoms with Crippen LogP contribution in [0.15, 0.2) is 54.9 Å². The van der Waals surface area contributed by atoms with Gasteiger partial charge in [-0.05, 0) is 30.3 Å². The quantitative estimate of drug-likeness (QED) is 0.691. The Kier molecular flexibility index (Phi) is 3.87. The number of nitrogens with zero attached hydrogens (tertiary/aromatic N) is 3. The molecule has 3 aromatic rings. The number of pyridine rings is 3. The highest BCUT2D eigenvalue weighted by Crippen LogP contribution is 2.24. The molecule has 22 heavy (non-hydrogen) atoms. The molecule has 3 aromatic heterocycles. The van der Waals surface area contributed by atoms with Crippen molar-refractivity contribution in [2.24, 2.45) is 0 Å². The van der Waals surface area contributed by atoms with Crippen molar-refractivity contribution in [2.75, 3.05) is 7.11 Å². The molecule has 5 heteroatoms. The number of ether oxygens (including phenoxy) is 1. The fraction of sp³-hybridized carbons (Fsp3) is 0.0588. The summed E-state index contributed by atoms with van der Waals surface area (Å²) in [6.07, 6.45) is 4.12. The van der Waals surface area contributed by atoms with E-state index in [-0.39, 0.29) is 0 Å². The molecule has 0 spiro atoms. The molecular weight excluding hydrogens is 278 g/mol. The molecule has 0 bridgehead atoms. The number of hydrogen-bond donors (Lipinski definition) is 0. The molecule has 0 aromatic carbocycles. The molecule has 3 rings (SSSR count). The van der Waals surface area contributed by atoms with Gasteiger partial charge in [0.15, 0.2) is 0 Å². The lowest BCUT2D eigenvalue weighted by Crippen LogP contribution is -1.95. The molecule has 0 aliphatic rings. The van der Waals surface area contributed by atoms with Crippen LogP contribution in [-0.2, 0) is 0 Å². The topological polar surface area (TPSA) is 65.0 Å². The van der Waals surface area contributed by atoms with Crippen LogP contribution in [0.3, 0.4) is 0 Å². The maximum absolute atomic E-state index is 11.2. The van der Waals surface area contributed by atoms with Crippen LogP contribution in [0.2, 0.25) is 0 Å². The van der Waals surface area contributed by atoms with Crippen LogP contribution in [0.1, 0.15) is 10.4 Å². The first kappa shape index (κ1) is 13.9. The standard InChI is InChI=1S/C17H13N3O2/c1-22-13-5-7-19-15(10-13)17-9-12(11-21)8-16(20-17)14-4-2-3-6-18-14/h2-11H,1H3. The van der Waals surface area contributed by atoms with Gasteiger partial charge in [0.25, 0.3) is 0 Å². The fourth-order valence-corrected chi connectivity index (χ4v) is 2.07. The van der Waals surface area contributed by atoms with E-state index < -0.39 is 0 Å². The van der Waals surface area contributed by atoms with Gasteiger partial charge >= 0.3 is 0 Å². The van der Waals surface area contributed by atoms with E-state index in [1.165, 1.54) is 0 Å². The van der Waals surface area contributed by atoms with Gasteiger partial charge in [-0.2, -0.15) is 0 Å². The Morgan fingerprint density at radius 3 is 2.36 bits per heavy atom. The van der Waals surface area contributed by atoms with Gasteiger partial charge in [-0.15, -0.1) is 0 Å². The molecule has 0 aliphatic heterocycles. The van der Waals surface area contributed by atoms with Crippen LogP contribution in [0, 0.1) is 0 Å². The van der Waals surface area contributed by atoms with Gasteiger partial charge in [0.05, 0.1) is 29.9 Å². The lowest BCUT2D eigenvalue weighted by atomic mass is 10.1. The minimum absolute atomic E-state index is 0.523. The van der Waals surface area contributed by atoms with E-state index in [2.05, 4.69) is 15.0 Å². The number of rotatable bonds is 4. The van der Waals surface area contributed by atoms with Gasteiger partial charge in [0.1, 0.15) is 12.0 Å². The lowest BCUT2D eigenvalue weighted by Gasteiger charge is -2.07. The predicted octanol–water partition coefficient (Wildman–Crippen LogP) is 3.03. The van der Waals surface area contributed by atoms with Crippen LogP contribution >= 0.6 is 0 Å². The number of hydrogen-bond acceptors (Lipinski definition) is 5. The first-order chi connectivity index (χ1) is 10.8. The van der Waals surface area contributed by atoms with Crippen LogP contribution in [0.25, 0.3) is 22.8 Å². The van der Waals surface area contributed by atoms with Crippen molar-refractivity contribution in [2.45, 2.75) is 0 Å². The van der Waals surface area contributed by atoms with E-state index in [9.17, 15) is 4.79 Å². The van der Waals surface area contributed by atoms with Crippen LogP contribution in [0.4, 0.5) is 0 Å². The number of methoxy groups -OCH3 is 1. The van der Waals surface area contributed by atoms with E-state index in [0.29, 0.717) is 34.1 Å². The van der Waals surface area contributed by atoms with Crippen molar-refractivity contribution in [3.63, 3.8) is 0 Å². The van der Waals surface area contributed by atoms with Gasteiger partial charge in [-0.1, -0.05) is 6.07 Å². The first-order valence-corrected chi connectivity index (χ1v) is 6.69. The first-order valence-electron chi connectivity index (χ1n) is 6.69. The second-order valence-electron chi connectivity index (χ2n) is 4.58. The van der Waals surface area contributed by atoms with Crippen molar-refractivity contribution in [3.05, 3.63) is 60.4 Å². The highest BCUT2D eigenvalue weighted by atomic mass is 16.5. The van der Waals surface area contributed by atoms with Gasteiger partial charge in [-0.3, -0.25) is 14.8 Å². The Morgan fingerprint density at radius 1 is 0.909 bits per heavy atom. The number of carbonyl (C=O) groups excluding carboxylic acids is 1. The molecule has 0 N–H and O–H groups in total.